The molecular formula is C15H19N3O2. The van der Waals surface area contributed by atoms with Crippen LogP contribution >= 0.6 is 0 Å². The van der Waals surface area contributed by atoms with Gasteiger partial charge in [0, 0.05) is 7.11 Å². The van der Waals surface area contributed by atoms with E-state index in [4.69, 9.17) is 9.26 Å². The summed E-state index contributed by atoms with van der Waals surface area (Å²) in [5, 5.41) is 7.42. The second-order valence-corrected chi connectivity index (χ2v) is 5.15. The largest absolute Gasteiger partial charge is 0.377 e. The van der Waals surface area contributed by atoms with Crippen molar-refractivity contribution < 1.29 is 9.26 Å². The zero-order valence-corrected chi connectivity index (χ0v) is 11.6. The van der Waals surface area contributed by atoms with Gasteiger partial charge < -0.3 is 14.6 Å². The van der Waals surface area contributed by atoms with E-state index in [1.54, 1.807) is 7.11 Å². The van der Waals surface area contributed by atoms with Crippen molar-refractivity contribution in [3.8, 4) is 0 Å². The predicted molar refractivity (Wildman–Crippen MR) is 74.3 cm³/mol. The summed E-state index contributed by atoms with van der Waals surface area (Å²) in [6, 6.07) is 10.4. The van der Waals surface area contributed by atoms with Gasteiger partial charge in [-0.15, -0.1) is 0 Å². The third kappa shape index (κ3) is 2.34. The number of nitrogens with zero attached hydrogens (tertiary/aromatic N) is 2. The van der Waals surface area contributed by atoms with Crippen LogP contribution in [0.15, 0.2) is 34.9 Å². The minimum atomic E-state index is -0.175. The second-order valence-electron chi connectivity index (χ2n) is 5.15. The molecule has 0 amide bonds. The lowest BCUT2D eigenvalue weighted by Gasteiger charge is -2.34. The average molecular weight is 273 g/mol. The number of benzene rings is 1. The molecule has 0 atom stereocenters. The number of piperidine rings is 1. The summed E-state index contributed by atoms with van der Waals surface area (Å²) in [5.74, 6) is 1.31. The lowest BCUT2D eigenvalue weighted by atomic mass is 9.73. The van der Waals surface area contributed by atoms with E-state index in [1.807, 2.05) is 6.07 Å². The molecule has 0 bridgehead atoms. The Balaban J connectivity index is 2.00. The number of methoxy groups -OCH3 is 1. The maximum atomic E-state index is 5.55. The van der Waals surface area contributed by atoms with E-state index < -0.39 is 0 Å². The summed E-state index contributed by atoms with van der Waals surface area (Å²) in [5.41, 5.74) is 1.07. The molecule has 1 aromatic carbocycles. The Morgan fingerprint density at radius 1 is 1.25 bits per heavy atom. The van der Waals surface area contributed by atoms with Crippen LogP contribution in [0.2, 0.25) is 0 Å². The van der Waals surface area contributed by atoms with Crippen LogP contribution < -0.4 is 5.32 Å². The number of rotatable bonds is 4. The number of hydrogen-bond acceptors (Lipinski definition) is 5. The van der Waals surface area contributed by atoms with Gasteiger partial charge >= 0.3 is 0 Å². The highest BCUT2D eigenvalue weighted by atomic mass is 16.5. The van der Waals surface area contributed by atoms with E-state index in [0.717, 1.165) is 25.9 Å². The van der Waals surface area contributed by atoms with Gasteiger partial charge in [-0.3, -0.25) is 0 Å². The predicted octanol–water partition coefficient (Wildman–Crippen LogP) is 1.89. The van der Waals surface area contributed by atoms with Gasteiger partial charge in [-0.1, -0.05) is 35.5 Å². The molecule has 5 nitrogen and oxygen atoms in total. The highest BCUT2D eigenvalue weighted by Crippen LogP contribution is 2.39. The first-order chi connectivity index (χ1) is 9.85. The van der Waals surface area contributed by atoms with Crippen LogP contribution in [0.1, 0.15) is 30.1 Å². The molecule has 1 aliphatic heterocycles. The standard InChI is InChI=1S/C15H19N3O2/c1-19-11-13-17-14(20-18-13)15(7-9-16-10-8-15)12-5-3-2-4-6-12/h2-6,16H,7-11H2,1H3. The fourth-order valence-corrected chi connectivity index (χ4v) is 2.87. The summed E-state index contributed by atoms with van der Waals surface area (Å²) in [4.78, 5) is 4.54. The maximum Gasteiger partial charge on any atom is 0.237 e. The van der Waals surface area contributed by atoms with E-state index in [1.165, 1.54) is 5.56 Å². The summed E-state index contributed by atoms with van der Waals surface area (Å²) >= 11 is 0. The fourth-order valence-electron chi connectivity index (χ4n) is 2.87. The zero-order valence-electron chi connectivity index (χ0n) is 11.6. The first kappa shape index (κ1) is 13.3. The van der Waals surface area contributed by atoms with Gasteiger partial charge in [0.05, 0.1) is 5.41 Å². The average Bonchev–Trinajstić information content (AvgIpc) is 2.98. The lowest BCUT2D eigenvalue weighted by Crippen LogP contribution is -2.41. The van der Waals surface area contributed by atoms with Crippen molar-refractivity contribution in [3.05, 3.63) is 47.6 Å². The summed E-state index contributed by atoms with van der Waals surface area (Å²) < 4.78 is 10.6. The van der Waals surface area contributed by atoms with E-state index >= 15 is 0 Å². The Bertz CT molecular complexity index is 547. The van der Waals surface area contributed by atoms with Crippen molar-refractivity contribution in [1.29, 1.82) is 0 Å². The molecule has 1 N–H and O–H groups in total. The van der Waals surface area contributed by atoms with E-state index in [9.17, 15) is 0 Å². The first-order valence-electron chi connectivity index (χ1n) is 6.93. The lowest BCUT2D eigenvalue weighted by molar-refractivity contribution is 0.174. The molecule has 106 valence electrons. The molecule has 1 fully saturated rings. The number of nitrogens with one attached hydrogen (secondary N) is 1. The monoisotopic (exact) mass is 273 g/mol. The highest BCUT2D eigenvalue weighted by Gasteiger charge is 2.40. The van der Waals surface area contributed by atoms with Crippen LogP contribution in [0.3, 0.4) is 0 Å². The Hall–Kier alpha value is -1.72. The van der Waals surface area contributed by atoms with Gasteiger partial charge in [0.1, 0.15) is 6.61 Å². The van der Waals surface area contributed by atoms with E-state index in [-0.39, 0.29) is 5.41 Å². The van der Waals surface area contributed by atoms with Crippen LogP contribution in [0.5, 0.6) is 0 Å². The van der Waals surface area contributed by atoms with Crippen molar-refractivity contribution >= 4 is 0 Å². The first-order valence-corrected chi connectivity index (χ1v) is 6.93. The molecule has 0 saturated carbocycles. The van der Waals surface area contributed by atoms with Crippen molar-refractivity contribution in [2.24, 2.45) is 0 Å². The SMILES string of the molecule is COCc1noc(C2(c3ccccc3)CCNCC2)n1. The normalized spacial score (nSPS) is 18.1. The van der Waals surface area contributed by atoms with Crippen LogP contribution in [-0.2, 0) is 16.8 Å². The molecule has 0 radical (unpaired) electrons. The molecule has 3 rings (SSSR count). The minimum absolute atomic E-state index is 0.175. The van der Waals surface area contributed by atoms with E-state index in [0.29, 0.717) is 18.3 Å². The van der Waals surface area contributed by atoms with Gasteiger partial charge in [-0.25, -0.2) is 0 Å². The number of aromatic nitrogens is 2. The van der Waals surface area contributed by atoms with Crippen molar-refractivity contribution in [2.45, 2.75) is 24.9 Å². The van der Waals surface area contributed by atoms with Gasteiger partial charge in [0.25, 0.3) is 0 Å². The molecule has 1 aliphatic rings. The fraction of sp³-hybridized carbons (Fsp3) is 0.467. The molecule has 1 saturated heterocycles. The zero-order chi connectivity index (χ0) is 13.8. The highest BCUT2D eigenvalue weighted by molar-refractivity contribution is 5.32. The van der Waals surface area contributed by atoms with Gasteiger partial charge in [0.2, 0.25) is 5.89 Å². The van der Waals surface area contributed by atoms with Crippen molar-refractivity contribution in [1.82, 2.24) is 15.5 Å². The van der Waals surface area contributed by atoms with Crippen molar-refractivity contribution in [2.75, 3.05) is 20.2 Å². The van der Waals surface area contributed by atoms with Crippen LogP contribution in [0.25, 0.3) is 0 Å². The topological polar surface area (TPSA) is 60.2 Å². The number of ether oxygens (including phenoxy) is 1. The molecular weight excluding hydrogens is 254 g/mol. The quantitative estimate of drug-likeness (QED) is 0.921. The third-order valence-electron chi connectivity index (χ3n) is 3.93. The van der Waals surface area contributed by atoms with Gasteiger partial charge in [0.15, 0.2) is 5.82 Å². The van der Waals surface area contributed by atoms with Crippen LogP contribution in [0, 0.1) is 0 Å². The molecule has 2 aromatic rings. The van der Waals surface area contributed by atoms with Crippen LogP contribution in [0.4, 0.5) is 0 Å². The van der Waals surface area contributed by atoms with E-state index in [2.05, 4.69) is 39.7 Å². The maximum absolute atomic E-state index is 5.55. The summed E-state index contributed by atoms with van der Waals surface area (Å²) in [7, 11) is 1.63. The number of hydrogen-bond donors (Lipinski definition) is 1. The minimum Gasteiger partial charge on any atom is -0.377 e. The van der Waals surface area contributed by atoms with Gasteiger partial charge in [-0.05, 0) is 31.5 Å². The van der Waals surface area contributed by atoms with Crippen LogP contribution in [-0.4, -0.2) is 30.3 Å². The summed E-state index contributed by atoms with van der Waals surface area (Å²) in [6.07, 6.45) is 1.93. The smallest absolute Gasteiger partial charge is 0.237 e. The Morgan fingerprint density at radius 2 is 2.00 bits per heavy atom. The Morgan fingerprint density at radius 3 is 2.70 bits per heavy atom. The molecule has 5 heteroatoms. The Kier molecular flexibility index (Phi) is 3.80. The third-order valence-corrected chi connectivity index (χ3v) is 3.93. The molecule has 0 unspecified atom stereocenters. The molecule has 1 aromatic heterocycles. The molecule has 0 spiro atoms. The van der Waals surface area contributed by atoms with Gasteiger partial charge in [-0.2, -0.15) is 4.98 Å². The molecule has 20 heavy (non-hydrogen) atoms. The Labute approximate surface area is 118 Å². The summed E-state index contributed by atoms with van der Waals surface area (Å²) in [6.45, 7) is 2.29. The second kappa shape index (κ2) is 5.73. The van der Waals surface area contributed by atoms with Crippen molar-refractivity contribution in [3.63, 3.8) is 0 Å². The molecule has 0 aliphatic carbocycles. The molecule has 2 heterocycles.